The fourth-order valence-corrected chi connectivity index (χ4v) is 7.60. The number of hydrogen-bond donors (Lipinski definition) is 1. The van der Waals surface area contributed by atoms with Crippen LogP contribution in [0.25, 0.3) is 0 Å². The summed E-state index contributed by atoms with van der Waals surface area (Å²) in [6.45, 7) is 0. The summed E-state index contributed by atoms with van der Waals surface area (Å²) in [6.07, 6.45) is 8.22. The normalized spacial score (nSPS) is 31.3. The molecule has 3 saturated carbocycles. The molecule has 1 aliphatic heterocycles. The van der Waals surface area contributed by atoms with Crippen LogP contribution in [-0.2, 0) is 4.79 Å². The summed E-state index contributed by atoms with van der Waals surface area (Å²) in [7, 11) is 1.65. The van der Waals surface area contributed by atoms with Crippen molar-refractivity contribution < 1.29 is 9.53 Å². The second kappa shape index (κ2) is 9.33. The summed E-state index contributed by atoms with van der Waals surface area (Å²) in [4.78, 5) is 13.5. The summed E-state index contributed by atoms with van der Waals surface area (Å²) < 4.78 is 5.33. The number of anilines is 1. The quantitative estimate of drug-likeness (QED) is 0.489. The molecule has 1 N–H and O–H groups in total. The number of rotatable bonds is 5. The molecule has 0 aromatic heterocycles. The standard InChI is InChI=1S/C28H31Cl2N3O2/c1-35-22-6-2-17(3-7-22)27-15-25(32-33(27)26-9-5-21(29)14-23(26)30)28(34)31-24-8-4-18-10-16-11-19(18)13-20(24)12-16/h2-3,5-7,9,14,16,18-20,24,27H,4,8,10-13,15H2,1H3,(H,31,34). The van der Waals surface area contributed by atoms with Gasteiger partial charge in [0.1, 0.15) is 11.5 Å². The number of hydrogen-bond acceptors (Lipinski definition) is 4. The number of methoxy groups -OCH3 is 1. The third-order valence-corrected chi connectivity index (χ3v) is 9.28. The number of nitrogens with zero attached hydrogens (tertiary/aromatic N) is 2. The van der Waals surface area contributed by atoms with E-state index in [1.54, 1.807) is 19.2 Å². The average molecular weight is 512 g/mol. The van der Waals surface area contributed by atoms with Crippen molar-refractivity contribution in [2.24, 2.45) is 28.8 Å². The molecule has 3 bridgehead atoms. The average Bonchev–Trinajstić information content (AvgIpc) is 3.39. The minimum atomic E-state index is -0.138. The molecule has 2 aromatic rings. The Labute approximate surface area is 216 Å². The van der Waals surface area contributed by atoms with Gasteiger partial charge < -0.3 is 10.1 Å². The SMILES string of the molecule is COc1ccc(C2CC(C(=O)NC3CCC4CC5CC4CC3C5)=NN2c2ccc(Cl)cc2Cl)cc1. The largest absolute Gasteiger partial charge is 0.497 e. The predicted molar refractivity (Wildman–Crippen MR) is 140 cm³/mol. The van der Waals surface area contributed by atoms with Crippen molar-refractivity contribution in [3.8, 4) is 5.75 Å². The smallest absolute Gasteiger partial charge is 0.267 e. The van der Waals surface area contributed by atoms with Crippen LogP contribution in [0.4, 0.5) is 5.69 Å². The van der Waals surface area contributed by atoms with Crippen molar-refractivity contribution in [2.45, 2.75) is 57.0 Å². The third kappa shape index (κ3) is 4.42. The van der Waals surface area contributed by atoms with Crippen molar-refractivity contribution in [3.63, 3.8) is 0 Å². The van der Waals surface area contributed by atoms with Gasteiger partial charge in [-0.05, 0) is 98.1 Å². The Morgan fingerprint density at radius 1 is 1.00 bits per heavy atom. The first-order valence-electron chi connectivity index (χ1n) is 12.7. The maximum atomic E-state index is 13.5. The number of benzene rings is 2. The van der Waals surface area contributed by atoms with E-state index >= 15 is 0 Å². The first kappa shape index (κ1) is 23.2. The molecule has 35 heavy (non-hydrogen) atoms. The lowest BCUT2D eigenvalue weighted by atomic mass is 9.77. The van der Waals surface area contributed by atoms with E-state index in [0.717, 1.165) is 41.2 Å². The Morgan fingerprint density at radius 2 is 1.77 bits per heavy atom. The molecule has 3 aliphatic carbocycles. The highest BCUT2D eigenvalue weighted by molar-refractivity contribution is 6.40. The first-order chi connectivity index (χ1) is 17.0. The van der Waals surface area contributed by atoms with E-state index in [1.807, 2.05) is 35.3 Å². The van der Waals surface area contributed by atoms with Crippen LogP contribution < -0.4 is 15.1 Å². The van der Waals surface area contributed by atoms with Gasteiger partial charge in [0.2, 0.25) is 0 Å². The van der Waals surface area contributed by atoms with Gasteiger partial charge in [0.15, 0.2) is 0 Å². The number of fused-ring (bicyclic) bond motifs is 2. The van der Waals surface area contributed by atoms with Gasteiger partial charge in [0.05, 0.1) is 23.9 Å². The van der Waals surface area contributed by atoms with Crippen molar-refractivity contribution >= 4 is 40.5 Å². The summed E-state index contributed by atoms with van der Waals surface area (Å²) in [5, 5.41) is 11.2. The van der Waals surface area contributed by atoms with Crippen LogP contribution in [0, 0.1) is 23.7 Å². The zero-order valence-electron chi connectivity index (χ0n) is 19.9. The molecule has 7 heteroatoms. The number of ether oxygens (including phenoxy) is 1. The first-order valence-corrected chi connectivity index (χ1v) is 13.5. The Bertz CT molecular complexity index is 1150. The van der Waals surface area contributed by atoms with E-state index in [-0.39, 0.29) is 18.0 Å². The second-order valence-corrected chi connectivity index (χ2v) is 11.6. The summed E-state index contributed by atoms with van der Waals surface area (Å²) in [5.74, 6) is 3.98. The molecule has 2 aromatic carbocycles. The fraction of sp³-hybridized carbons (Fsp3) is 0.500. The zero-order chi connectivity index (χ0) is 24.1. The zero-order valence-corrected chi connectivity index (χ0v) is 21.4. The van der Waals surface area contributed by atoms with Crippen LogP contribution in [0.5, 0.6) is 5.75 Å². The number of carbonyl (C=O) groups is 1. The Balaban J connectivity index is 1.25. The van der Waals surface area contributed by atoms with E-state index in [9.17, 15) is 4.79 Å². The van der Waals surface area contributed by atoms with Crippen molar-refractivity contribution in [1.29, 1.82) is 0 Å². The number of carbonyl (C=O) groups excluding carboxylic acids is 1. The van der Waals surface area contributed by atoms with Gasteiger partial charge in [-0.15, -0.1) is 0 Å². The van der Waals surface area contributed by atoms with Crippen LogP contribution in [0.15, 0.2) is 47.6 Å². The molecule has 6 atom stereocenters. The van der Waals surface area contributed by atoms with Gasteiger partial charge in [0, 0.05) is 17.5 Å². The third-order valence-electron chi connectivity index (χ3n) is 8.74. The molecule has 1 heterocycles. The molecule has 6 unspecified atom stereocenters. The number of nitrogens with one attached hydrogen (secondary N) is 1. The monoisotopic (exact) mass is 511 g/mol. The molecular formula is C28H31Cl2N3O2. The lowest BCUT2D eigenvalue weighted by Crippen LogP contribution is -2.44. The summed E-state index contributed by atoms with van der Waals surface area (Å²) >= 11 is 12.7. The van der Waals surface area contributed by atoms with Gasteiger partial charge >= 0.3 is 0 Å². The van der Waals surface area contributed by atoms with E-state index in [1.165, 1.54) is 32.1 Å². The highest BCUT2D eigenvalue weighted by Crippen LogP contribution is 2.53. The lowest BCUT2D eigenvalue weighted by Gasteiger charge is -2.33. The number of hydrazone groups is 1. The highest BCUT2D eigenvalue weighted by atomic mass is 35.5. The van der Waals surface area contributed by atoms with Gasteiger partial charge in [-0.25, -0.2) is 0 Å². The Kier molecular flexibility index (Phi) is 6.18. The molecular weight excluding hydrogens is 481 g/mol. The minimum Gasteiger partial charge on any atom is -0.497 e. The van der Waals surface area contributed by atoms with Crippen LogP contribution in [-0.4, -0.2) is 24.8 Å². The van der Waals surface area contributed by atoms with Crippen LogP contribution >= 0.6 is 23.2 Å². The summed E-state index contributed by atoms with van der Waals surface area (Å²) in [6, 6.07) is 13.4. The van der Waals surface area contributed by atoms with Crippen LogP contribution in [0.2, 0.25) is 10.0 Å². The maximum Gasteiger partial charge on any atom is 0.267 e. The topological polar surface area (TPSA) is 53.9 Å². The highest BCUT2D eigenvalue weighted by Gasteiger charge is 2.46. The molecule has 3 fully saturated rings. The van der Waals surface area contributed by atoms with Gasteiger partial charge in [-0.2, -0.15) is 5.10 Å². The minimum absolute atomic E-state index is 0.0428. The second-order valence-electron chi connectivity index (χ2n) is 10.7. The molecule has 0 saturated heterocycles. The van der Waals surface area contributed by atoms with E-state index in [4.69, 9.17) is 33.0 Å². The fourth-order valence-electron chi connectivity index (χ4n) is 7.11. The molecule has 0 radical (unpaired) electrons. The molecule has 184 valence electrons. The predicted octanol–water partition coefficient (Wildman–Crippen LogP) is 6.64. The maximum absolute atomic E-state index is 13.5. The Morgan fingerprint density at radius 3 is 2.54 bits per heavy atom. The number of halogens is 2. The van der Waals surface area contributed by atoms with Crippen LogP contribution in [0.3, 0.4) is 0 Å². The van der Waals surface area contributed by atoms with Crippen LogP contribution in [0.1, 0.15) is 56.6 Å². The molecule has 5 nitrogen and oxygen atoms in total. The van der Waals surface area contributed by atoms with E-state index in [0.29, 0.717) is 28.1 Å². The van der Waals surface area contributed by atoms with Gasteiger partial charge in [-0.3, -0.25) is 9.80 Å². The number of amides is 1. The van der Waals surface area contributed by atoms with Gasteiger partial charge in [0.25, 0.3) is 5.91 Å². The van der Waals surface area contributed by atoms with E-state index in [2.05, 4.69) is 5.32 Å². The molecule has 0 spiro atoms. The van der Waals surface area contributed by atoms with Gasteiger partial charge in [-0.1, -0.05) is 35.3 Å². The van der Waals surface area contributed by atoms with Crippen molar-refractivity contribution in [1.82, 2.24) is 5.32 Å². The van der Waals surface area contributed by atoms with Crippen molar-refractivity contribution in [3.05, 3.63) is 58.1 Å². The van der Waals surface area contributed by atoms with E-state index < -0.39 is 0 Å². The Hall–Kier alpha value is -2.24. The summed E-state index contributed by atoms with van der Waals surface area (Å²) in [5.41, 5.74) is 2.34. The van der Waals surface area contributed by atoms with Crippen molar-refractivity contribution in [2.75, 3.05) is 12.1 Å². The molecule has 6 rings (SSSR count). The molecule has 4 aliphatic rings. The molecule has 1 amide bonds. The lowest BCUT2D eigenvalue weighted by molar-refractivity contribution is -0.116.